The Morgan fingerprint density at radius 2 is 2.05 bits per heavy atom. The van der Waals surface area contributed by atoms with E-state index < -0.39 is 5.97 Å². The second kappa shape index (κ2) is 5.91. The van der Waals surface area contributed by atoms with Crippen LogP contribution in [0, 0.1) is 12.3 Å². The number of furan rings is 1. The van der Waals surface area contributed by atoms with Gasteiger partial charge in [-0.1, -0.05) is 20.8 Å². The third-order valence-corrected chi connectivity index (χ3v) is 2.61. The molecule has 0 saturated carbocycles. The number of hydrogen-bond acceptors (Lipinski definition) is 3. The smallest absolute Gasteiger partial charge is 0.305 e. The molecule has 0 aromatic carbocycles. The molecule has 0 saturated heterocycles. The highest BCUT2D eigenvalue weighted by atomic mass is 16.4. The Morgan fingerprint density at radius 3 is 2.47 bits per heavy atom. The topological polar surface area (TPSA) is 79.5 Å². The van der Waals surface area contributed by atoms with Crippen molar-refractivity contribution in [2.75, 3.05) is 0 Å². The first-order valence-electron chi connectivity index (χ1n) is 6.25. The van der Waals surface area contributed by atoms with Crippen LogP contribution >= 0.6 is 0 Å². The summed E-state index contributed by atoms with van der Waals surface area (Å²) in [7, 11) is 0. The Labute approximate surface area is 113 Å². The van der Waals surface area contributed by atoms with Crippen LogP contribution in [0.4, 0.5) is 0 Å². The molecule has 1 amide bonds. The van der Waals surface area contributed by atoms with Crippen LogP contribution in [0.5, 0.6) is 0 Å². The summed E-state index contributed by atoms with van der Waals surface area (Å²) in [4.78, 5) is 22.8. The molecule has 0 aliphatic carbocycles. The van der Waals surface area contributed by atoms with Crippen LogP contribution in [0.3, 0.4) is 0 Å². The van der Waals surface area contributed by atoms with Gasteiger partial charge < -0.3 is 14.8 Å². The summed E-state index contributed by atoms with van der Waals surface area (Å²) in [5.41, 5.74) is 0.362. The molecular formula is C14H21NO4. The van der Waals surface area contributed by atoms with E-state index in [9.17, 15) is 9.59 Å². The summed E-state index contributed by atoms with van der Waals surface area (Å²) in [6.45, 7) is 7.78. The molecule has 0 radical (unpaired) electrons. The minimum absolute atomic E-state index is 0.0558. The van der Waals surface area contributed by atoms with E-state index in [0.29, 0.717) is 17.7 Å². The highest BCUT2D eigenvalue weighted by molar-refractivity contribution is 5.94. The average molecular weight is 267 g/mol. The normalized spacial score (nSPS) is 13.1. The lowest BCUT2D eigenvalue weighted by atomic mass is 9.87. The Kier molecular flexibility index (Phi) is 4.75. The standard InChI is InChI=1S/C14H21NO4/c1-9-5-10(8-19-9)13(18)15-11(6-12(16)17)7-14(2,3)4/h5,8,11H,6-7H2,1-4H3,(H,15,18)(H,16,17). The molecular weight excluding hydrogens is 246 g/mol. The van der Waals surface area contributed by atoms with Crippen LogP contribution in [0.25, 0.3) is 0 Å². The largest absolute Gasteiger partial charge is 0.481 e. The van der Waals surface area contributed by atoms with Gasteiger partial charge in [-0.2, -0.15) is 0 Å². The number of aryl methyl sites for hydroxylation is 1. The molecule has 19 heavy (non-hydrogen) atoms. The Hall–Kier alpha value is -1.78. The second-order valence-corrected chi connectivity index (χ2v) is 5.98. The van der Waals surface area contributed by atoms with E-state index in [2.05, 4.69) is 5.32 Å². The van der Waals surface area contributed by atoms with Crippen LogP contribution in [-0.2, 0) is 4.79 Å². The fourth-order valence-corrected chi connectivity index (χ4v) is 1.96. The van der Waals surface area contributed by atoms with Gasteiger partial charge >= 0.3 is 5.97 Å². The molecule has 0 spiro atoms. The maximum atomic E-state index is 12.0. The quantitative estimate of drug-likeness (QED) is 0.859. The van der Waals surface area contributed by atoms with Gasteiger partial charge in [-0.15, -0.1) is 0 Å². The molecule has 1 aromatic rings. The van der Waals surface area contributed by atoms with Crippen LogP contribution < -0.4 is 5.32 Å². The molecule has 0 bridgehead atoms. The third kappa shape index (κ3) is 5.59. The van der Waals surface area contributed by atoms with Crippen molar-refractivity contribution in [3.05, 3.63) is 23.7 Å². The number of nitrogens with one attached hydrogen (secondary N) is 1. The number of amides is 1. The van der Waals surface area contributed by atoms with Crippen molar-refractivity contribution in [1.29, 1.82) is 0 Å². The molecule has 5 nitrogen and oxygen atoms in total. The first-order valence-corrected chi connectivity index (χ1v) is 6.25. The predicted molar refractivity (Wildman–Crippen MR) is 71.0 cm³/mol. The lowest BCUT2D eigenvalue weighted by Crippen LogP contribution is -2.38. The molecule has 1 heterocycles. The van der Waals surface area contributed by atoms with Crippen LogP contribution in [0.15, 0.2) is 16.7 Å². The maximum Gasteiger partial charge on any atom is 0.305 e. The van der Waals surface area contributed by atoms with Gasteiger partial charge in [0, 0.05) is 6.04 Å². The van der Waals surface area contributed by atoms with Crippen LogP contribution in [-0.4, -0.2) is 23.0 Å². The summed E-state index contributed by atoms with van der Waals surface area (Å²) in [6.07, 6.45) is 1.89. The number of carboxylic acids is 1. The predicted octanol–water partition coefficient (Wildman–Crippen LogP) is 2.60. The second-order valence-electron chi connectivity index (χ2n) is 5.98. The highest BCUT2D eigenvalue weighted by Gasteiger charge is 2.23. The average Bonchev–Trinajstić information content (AvgIpc) is 2.60. The summed E-state index contributed by atoms with van der Waals surface area (Å²) in [5.74, 6) is -0.568. The van der Waals surface area contributed by atoms with Gasteiger partial charge in [0.15, 0.2) is 0 Å². The zero-order chi connectivity index (χ0) is 14.6. The van der Waals surface area contributed by atoms with Gasteiger partial charge in [-0.05, 0) is 24.8 Å². The molecule has 0 aliphatic heterocycles. The lowest BCUT2D eigenvalue weighted by Gasteiger charge is -2.25. The lowest BCUT2D eigenvalue weighted by molar-refractivity contribution is -0.137. The van der Waals surface area contributed by atoms with E-state index in [-0.39, 0.29) is 23.8 Å². The zero-order valence-corrected chi connectivity index (χ0v) is 11.8. The van der Waals surface area contributed by atoms with Crippen molar-refractivity contribution in [2.45, 2.75) is 46.6 Å². The first-order chi connectivity index (χ1) is 8.67. The van der Waals surface area contributed by atoms with E-state index in [1.54, 1.807) is 13.0 Å². The van der Waals surface area contributed by atoms with Gasteiger partial charge in [-0.25, -0.2) is 0 Å². The molecule has 1 atom stereocenters. The number of hydrogen-bond donors (Lipinski definition) is 2. The number of carboxylic acid groups (broad SMARTS) is 1. The van der Waals surface area contributed by atoms with E-state index in [1.165, 1.54) is 6.26 Å². The number of carbonyl (C=O) groups excluding carboxylic acids is 1. The minimum atomic E-state index is -0.919. The molecule has 1 rings (SSSR count). The van der Waals surface area contributed by atoms with Crippen molar-refractivity contribution >= 4 is 11.9 Å². The minimum Gasteiger partial charge on any atom is -0.481 e. The number of carbonyl (C=O) groups is 2. The van der Waals surface area contributed by atoms with Crippen molar-refractivity contribution in [2.24, 2.45) is 5.41 Å². The van der Waals surface area contributed by atoms with Crippen molar-refractivity contribution in [1.82, 2.24) is 5.32 Å². The molecule has 0 aliphatic rings. The van der Waals surface area contributed by atoms with E-state index in [4.69, 9.17) is 9.52 Å². The van der Waals surface area contributed by atoms with Gasteiger partial charge in [0.25, 0.3) is 5.91 Å². The zero-order valence-electron chi connectivity index (χ0n) is 11.8. The molecule has 5 heteroatoms. The SMILES string of the molecule is Cc1cc(C(=O)NC(CC(=O)O)CC(C)(C)C)co1. The molecule has 1 aromatic heterocycles. The number of rotatable bonds is 5. The Bertz CT molecular complexity index is 456. The first kappa shape index (κ1) is 15.3. The summed E-state index contributed by atoms with van der Waals surface area (Å²) >= 11 is 0. The van der Waals surface area contributed by atoms with Crippen LogP contribution in [0.2, 0.25) is 0 Å². The van der Waals surface area contributed by atoms with Crippen molar-refractivity contribution in [3.8, 4) is 0 Å². The molecule has 2 N–H and O–H groups in total. The molecule has 0 fully saturated rings. The fourth-order valence-electron chi connectivity index (χ4n) is 1.96. The van der Waals surface area contributed by atoms with E-state index >= 15 is 0 Å². The Balaban J connectivity index is 2.71. The third-order valence-electron chi connectivity index (χ3n) is 2.61. The molecule has 106 valence electrons. The summed E-state index contributed by atoms with van der Waals surface area (Å²) < 4.78 is 5.07. The summed E-state index contributed by atoms with van der Waals surface area (Å²) in [6, 6.07) is 1.24. The van der Waals surface area contributed by atoms with Crippen molar-refractivity contribution < 1.29 is 19.1 Å². The maximum absolute atomic E-state index is 12.0. The number of aliphatic carboxylic acids is 1. The summed E-state index contributed by atoms with van der Waals surface area (Å²) in [5, 5.41) is 11.7. The van der Waals surface area contributed by atoms with Crippen LogP contribution in [0.1, 0.15) is 49.7 Å². The van der Waals surface area contributed by atoms with E-state index in [1.807, 2.05) is 20.8 Å². The van der Waals surface area contributed by atoms with E-state index in [0.717, 1.165) is 0 Å². The monoisotopic (exact) mass is 267 g/mol. The van der Waals surface area contributed by atoms with Gasteiger partial charge in [0.05, 0.1) is 12.0 Å². The van der Waals surface area contributed by atoms with Gasteiger partial charge in [0.2, 0.25) is 0 Å². The fraction of sp³-hybridized carbons (Fsp3) is 0.571. The Morgan fingerprint density at radius 1 is 1.42 bits per heavy atom. The van der Waals surface area contributed by atoms with Gasteiger partial charge in [0.1, 0.15) is 12.0 Å². The highest BCUT2D eigenvalue weighted by Crippen LogP contribution is 2.22. The van der Waals surface area contributed by atoms with Crippen molar-refractivity contribution in [3.63, 3.8) is 0 Å². The molecule has 1 unspecified atom stereocenters. The van der Waals surface area contributed by atoms with Gasteiger partial charge in [-0.3, -0.25) is 9.59 Å².